The van der Waals surface area contributed by atoms with E-state index in [0.29, 0.717) is 12.4 Å². The molecule has 0 atom stereocenters. The molecule has 5 heteroatoms. The molecule has 1 fully saturated rings. The molecule has 1 aliphatic carbocycles. The second kappa shape index (κ2) is 6.53. The highest BCUT2D eigenvalue weighted by Gasteiger charge is 2.33. The zero-order valence-corrected chi connectivity index (χ0v) is 12.0. The zero-order valence-electron chi connectivity index (χ0n) is 11.2. The molecular formula is C15H18ClF2NO. The fourth-order valence-corrected chi connectivity index (χ4v) is 3.05. The molecule has 0 saturated heterocycles. The van der Waals surface area contributed by atoms with Crippen LogP contribution in [0.15, 0.2) is 18.2 Å². The molecule has 0 unspecified atom stereocenters. The maximum atomic E-state index is 13.5. The fraction of sp³-hybridized carbons (Fsp3) is 0.533. The Kier molecular flexibility index (Phi) is 4.97. The lowest BCUT2D eigenvalue weighted by Crippen LogP contribution is -2.38. The quantitative estimate of drug-likeness (QED) is 0.830. The first-order valence-electron chi connectivity index (χ1n) is 6.82. The van der Waals surface area contributed by atoms with E-state index >= 15 is 0 Å². The van der Waals surface area contributed by atoms with Crippen molar-refractivity contribution in [1.29, 1.82) is 0 Å². The topological polar surface area (TPSA) is 29.1 Å². The van der Waals surface area contributed by atoms with Crippen molar-refractivity contribution in [1.82, 2.24) is 5.32 Å². The van der Waals surface area contributed by atoms with Crippen LogP contribution in [0.5, 0.6) is 0 Å². The van der Waals surface area contributed by atoms with E-state index in [4.69, 9.17) is 11.6 Å². The SMILES string of the molecule is O=C(Cc1c(F)cccc1F)NCC1(CCl)CCCC1. The Hall–Kier alpha value is -1.16. The number of amides is 1. The van der Waals surface area contributed by atoms with Gasteiger partial charge in [0.1, 0.15) is 11.6 Å². The monoisotopic (exact) mass is 301 g/mol. The van der Waals surface area contributed by atoms with Crippen molar-refractivity contribution in [2.45, 2.75) is 32.1 Å². The normalized spacial score (nSPS) is 17.1. The summed E-state index contributed by atoms with van der Waals surface area (Å²) in [5.41, 5.74) is -0.235. The van der Waals surface area contributed by atoms with E-state index in [9.17, 15) is 13.6 Å². The van der Waals surface area contributed by atoms with Gasteiger partial charge in [0.25, 0.3) is 0 Å². The van der Waals surface area contributed by atoms with Crippen LogP contribution < -0.4 is 5.32 Å². The largest absolute Gasteiger partial charge is 0.355 e. The zero-order chi connectivity index (χ0) is 14.6. The molecule has 1 N–H and O–H groups in total. The second-order valence-electron chi connectivity index (χ2n) is 5.49. The van der Waals surface area contributed by atoms with Gasteiger partial charge in [0.05, 0.1) is 6.42 Å². The van der Waals surface area contributed by atoms with Crippen LogP contribution in [0.3, 0.4) is 0 Å². The summed E-state index contributed by atoms with van der Waals surface area (Å²) in [6.45, 7) is 0.478. The molecule has 0 aliphatic heterocycles. The molecule has 1 amide bonds. The van der Waals surface area contributed by atoms with E-state index in [0.717, 1.165) is 37.8 Å². The number of hydrogen-bond donors (Lipinski definition) is 1. The number of carbonyl (C=O) groups is 1. The van der Waals surface area contributed by atoms with Crippen molar-refractivity contribution in [2.75, 3.05) is 12.4 Å². The summed E-state index contributed by atoms with van der Waals surface area (Å²) in [6, 6.07) is 3.60. The first kappa shape index (κ1) is 15.2. The van der Waals surface area contributed by atoms with Crippen LogP contribution in [0, 0.1) is 17.0 Å². The lowest BCUT2D eigenvalue weighted by molar-refractivity contribution is -0.121. The molecule has 2 rings (SSSR count). The number of halogens is 3. The van der Waals surface area contributed by atoms with Crippen LogP contribution in [0.2, 0.25) is 0 Å². The molecule has 1 saturated carbocycles. The van der Waals surface area contributed by atoms with Crippen molar-refractivity contribution >= 4 is 17.5 Å². The average Bonchev–Trinajstić information content (AvgIpc) is 2.90. The van der Waals surface area contributed by atoms with Gasteiger partial charge in [-0.2, -0.15) is 0 Å². The number of alkyl halides is 1. The van der Waals surface area contributed by atoms with E-state index < -0.39 is 11.6 Å². The van der Waals surface area contributed by atoms with Crippen molar-refractivity contribution in [3.63, 3.8) is 0 Å². The van der Waals surface area contributed by atoms with Crippen LogP contribution in [-0.4, -0.2) is 18.3 Å². The summed E-state index contributed by atoms with van der Waals surface area (Å²) >= 11 is 5.99. The molecular weight excluding hydrogens is 284 g/mol. The molecule has 0 aromatic heterocycles. The standard InChI is InChI=1S/C15H18ClF2NO/c16-9-15(6-1-2-7-15)10-19-14(20)8-11-12(17)4-3-5-13(11)18/h3-5H,1-2,6-10H2,(H,19,20). The Bertz CT molecular complexity index is 467. The first-order valence-corrected chi connectivity index (χ1v) is 7.35. The van der Waals surface area contributed by atoms with E-state index in [1.807, 2.05) is 0 Å². The molecule has 1 aromatic carbocycles. The second-order valence-corrected chi connectivity index (χ2v) is 5.76. The first-order chi connectivity index (χ1) is 9.56. The van der Waals surface area contributed by atoms with Gasteiger partial charge in [-0.25, -0.2) is 8.78 Å². The summed E-state index contributed by atoms with van der Waals surface area (Å²) < 4.78 is 26.9. The fourth-order valence-electron chi connectivity index (χ4n) is 2.69. The van der Waals surface area contributed by atoms with Gasteiger partial charge in [0.15, 0.2) is 0 Å². The van der Waals surface area contributed by atoms with E-state index in [-0.39, 0.29) is 23.3 Å². The minimum Gasteiger partial charge on any atom is -0.355 e. The van der Waals surface area contributed by atoms with Crippen molar-refractivity contribution < 1.29 is 13.6 Å². The van der Waals surface area contributed by atoms with Gasteiger partial charge >= 0.3 is 0 Å². The molecule has 0 heterocycles. The van der Waals surface area contributed by atoms with E-state index in [1.165, 1.54) is 6.07 Å². The van der Waals surface area contributed by atoms with E-state index in [2.05, 4.69) is 5.32 Å². The highest BCUT2D eigenvalue weighted by atomic mass is 35.5. The number of rotatable bonds is 5. The lowest BCUT2D eigenvalue weighted by atomic mass is 9.88. The smallest absolute Gasteiger partial charge is 0.224 e. The summed E-state index contributed by atoms with van der Waals surface area (Å²) in [4.78, 5) is 11.8. The molecule has 1 aromatic rings. The predicted octanol–water partition coefficient (Wildman–Crippen LogP) is 3.42. The lowest BCUT2D eigenvalue weighted by Gasteiger charge is -2.26. The number of hydrogen-bond acceptors (Lipinski definition) is 1. The Morgan fingerprint density at radius 2 is 1.85 bits per heavy atom. The minimum absolute atomic E-state index is 0.0506. The Morgan fingerprint density at radius 1 is 1.25 bits per heavy atom. The Balaban J connectivity index is 1.93. The van der Waals surface area contributed by atoms with E-state index in [1.54, 1.807) is 0 Å². The highest BCUT2D eigenvalue weighted by Crippen LogP contribution is 2.38. The van der Waals surface area contributed by atoms with Crippen molar-refractivity contribution in [2.24, 2.45) is 5.41 Å². The van der Waals surface area contributed by atoms with Gasteiger partial charge < -0.3 is 5.32 Å². The average molecular weight is 302 g/mol. The number of nitrogens with one attached hydrogen (secondary N) is 1. The molecule has 0 spiro atoms. The Morgan fingerprint density at radius 3 is 2.40 bits per heavy atom. The molecule has 1 aliphatic rings. The number of carbonyl (C=O) groups excluding carboxylic acids is 1. The third kappa shape index (κ3) is 3.48. The summed E-state index contributed by atoms with van der Waals surface area (Å²) in [7, 11) is 0. The van der Waals surface area contributed by atoms with Gasteiger partial charge in [-0.3, -0.25) is 4.79 Å². The predicted molar refractivity (Wildman–Crippen MR) is 74.7 cm³/mol. The van der Waals surface area contributed by atoms with Gasteiger partial charge in [-0.05, 0) is 25.0 Å². The summed E-state index contributed by atoms with van der Waals surface area (Å²) in [6.07, 6.45) is 3.93. The van der Waals surface area contributed by atoms with Gasteiger partial charge in [0, 0.05) is 23.4 Å². The number of benzene rings is 1. The highest BCUT2D eigenvalue weighted by molar-refractivity contribution is 6.18. The third-order valence-electron chi connectivity index (χ3n) is 4.01. The minimum atomic E-state index is -0.687. The van der Waals surface area contributed by atoms with Crippen LogP contribution in [0.25, 0.3) is 0 Å². The van der Waals surface area contributed by atoms with Crippen molar-refractivity contribution in [3.05, 3.63) is 35.4 Å². The van der Waals surface area contributed by atoms with Gasteiger partial charge in [0.2, 0.25) is 5.91 Å². The summed E-state index contributed by atoms with van der Waals surface area (Å²) in [5, 5.41) is 2.76. The molecule has 0 radical (unpaired) electrons. The van der Waals surface area contributed by atoms with Crippen LogP contribution in [0.1, 0.15) is 31.2 Å². The Labute approximate surface area is 122 Å². The van der Waals surface area contributed by atoms with Crippen molar-refractivity contribution in [3.8, 4) is 0 Å². The molecule has 20 heavy (non-hydrogen) atoms. The van der Waals surface area contributed by atoms with Gasteiger partial charge in [-0.15, -0.1) is 11.6 Å². The van der Waals surface area contributed by atoms with Gasteiger partial charge in [-0.1, -0.05) is 18.9 Å². The van der Waals surface area contributed by atoms with Crippen LogP contribution >= 0.6 is 11.6 Å². The summed E-state index contributed by atoms with van der Waals surface area (Å²) in [5.74, 6) is -1.24. The third-order valence-corrected chi connectivity index (χ3v) is 4.57. The maximum Gasteiger partial charge on any atom is 0.224 e. The molecule has 110 valence electrons. The maximum absolute atomic E-state index is 13.5. The van der Waals surface area contributed by atoms with Crippen LogP contribution in [0.4, 0.5) is 8.78 Å². The molecule has 2 nitrogen and oxygen atoms in total. The molecule has 0 bridgehead atoms. The van der Waals surface area contributed by atoms with Crippen LogP contribution in [-0.2, 0) is 11.2 Å².